The summed E-state index contributed by atoms with van der Waals surface area (Å²) >= 11 is 11.8. The van der Waals surface area contributed by atoms with Gasteiger partial charge in [-0.3, -0.25) is 9.59 Å². The smallest absolute Gasteiger partial charge is 0.251 e. The number of rotatable bonds is 5. The topological polar surface area (TPSA) is 58.2 Å². The summed E-state index contributed by atoms with van der Waals surface area (Å²) in [6, 6.07) is 11.8. The Labute approximate surface area is 150 Å². The van der Waals surface area contributed by atoms with Crippen molar-refractivity contribution in [2.75, 3.05) is 11.9 Å². The Morgan fingerprint density at radius 1 is 1.08 bits per heavy atom. The van der Waals surface area contributed by atoms with Crippen LogP contribution in [0.3, 0.4) is 0 Å². The van der Waals surface area contributed by atoms with Crippen molar-refractivity contribution in [1.29, 1.82) is 0 Å². The number of amides is 2. The van der Waals surface area contributed by atoms with E-state index in [1.807, 2.05) is 6.92 Å². The van der Waals surface area contributed by atoms with Crippen molar-refractivity contribution < 1.29 is 9.59 Å². The van der Waals surface area contributed by atoms with Gasteiger partial charge in [-0.2, -0.15) is 0 Å². The monoisotopic (exact) mass is 362 g/mol. The Balaban J connectivity index is 2.04. The average Bonchev–Trinajstić information content (AvgIpc) is 2.56. The Kier molecular flexibility index (Phi) is 6.41. The van der Waals surface area contributed by atoms with Crippen LogP contribution in [0, 0.1) is 0 Å². The van der Waals surface area contributed by atoms with E-state index in [-0.39, 0.29) is 11.8 Å². The summed E-state index contributed by atoms with van der Waals surface area (Å²) < 4.78 is 0. The van der Waals surface area contributed by atoms with Gasteiger partial charge < -0.3 is 10.6 Å². The van der Waals surface area contributed by atoms with Crippen LogP contribution in [-0.4, -0.2) is 18.4 Å². The van der Waals surface area contributed by atoms with Gasteiger partial charge in [0.05, 0.1) is 10.0 Å². The number of hydrogen-bond donors (Lipinski definition) is 2. The van der Waals surface area contributed by atoms with Gasteiger partial charge in [-0.25, -0.2) is 0 Å². The van der Waals surface area contributed by atoms with E-state index in [0.717, 1.165) is 5.56 Å². The summed E-state index contributed by atoms with van der Waals surface area (Å²) in [5.41, 5.74) is 1.79. The molecule has 0 bridgehead atoms. The van der Waals surface area contributed by atoms with Gasteiger partial charge in [-0.15, -0.1) is 0 Å². The van der Waals surface area contributed by atoms with Crippen LogP contribution in [0.4, 0.5) is 5.69 Å². The van der Waals surface area contributed by atoms with Crippen molar-refractivity contribution in [3.63, 3.8) is 0 Å². The molecule has 0 atom stereocenters. The molecule has 2 amide bonds. The zero-order valence-electron chi connectivity index (χ0n) is 13.0. The zero-order chi connectivity index (χ0) is 17.5. The quantitative estimate of drug-likeness (QED) is 0.774. The Bertz CT molecular complexity index is 788. The van der Waals surface area contributed by atoms with Gasteiger partial charge in [0.1, 0.15) is 0 Å². The summed E-state index contributed by atoms with van der Waals surface area (Å²) in [4.78, 5) is 23.8. The molecular formula is C18H16Cl2N2O2. The van der Waals surface area contributed by atoms with Crippen LogP contribution in [0.5, 0.6) is 0 Å². The zero-order valence-corrected chi connectivity index (χ0v) is 14.5. The summed E-state index contributed by atoms with van der Waals surface area (Å²) in [5, 5.41) is 6.30. The molecule has 2 aromatic rings. The molecule has 0 aromatic heterocycles. The van der Waals surface area contributed by atoms with E-state index in [2.05, 4.69) is 10.6 Å². The molecule has 0 spiro atoms. The first kappa shape index (κ1) is 18.0. The normalized spacial score (nSPS) is 10.6. The summed E-state index contributed by atoms with van der Waals surface area (Å²) in [7, 11) is 0. The fourth-order valence-electron chi connectivity index (χ4n) is 1.97. The molecule has 6 heteroatoms. The molecule has 124 valence electrons. The third-order valence-corrected chi connectivity index (χ3v) is 3.84. The third-order valence-electron chi connectivity index (χ3n) is 3.10. The molecule has 0 fully saturated rings. The molecule has 2 aromatic carbocycles. The molecule has 0 heterocycles. The highest BCUT2D eigenvalue weighted by molar-refractivity contribution is 6.42. The van der Waals surface area contributed by atoms with E-state index < -0.39 is 0 Å². The van der Waals surface area contributed by atoms with Gasteiger partial charge in [0, 0.05) is 23.9 Å². The first-order valence-electron chi connectivity index (χ1n) is 7.32. The van der Waals surface area contributed by atoms with Crippen molar-refractivity contribution in [1.82, 2.24) is 5.32 Å². The fraction of sp³-hybridized carbons (Fsp3) is 0.111. The molecule has 0 saturated carbocycles. The van der Waals surface area contributed by atoms with Gasteiger partial charge in [0.2, 0.25) is 5.91 Å². The maximum absolute atomic E-state index is 12.0. The first-order valence-corrected chi connectivity index (χ1v) is 8.07. The highest BCUT2D eigenvalue weighted by Crippen LogP contribution is 2.23. The number of halogens is 2. The molecular weight excluding hydrogens is 347 g/mol. The van der Waals surface area contributed by atoms with E-state index in [9.17, 15) is 9.59 Å². The minimum atomic E-state index is -0.311. The Hall–Kier alpha value is -2.30. The molecule has 0 aliphatic rings. The number of benzene rings is 2. The second kappa shape index (κ2) is 8.52. The molecule has 2 N–H and O–H groups in total. The lowest BCUT2D eigenvalue weighted by molar-refractivity contribution is -0.111. The Morgan fingerprint density at radius 2 is 1.88 bits per heavy atom. The van der Waals surface area contributed by atoms with Crippen LogP contribution in [0.2, 0.25) is 10.0 Å². The van der Waals surface area contributed by atoms with Gasteiger partial charge in [0.25, 0.3) is 5.91 Å². The highest BCUT2D eigenvalue weighted by atomic mass is 35.5. The van der Waals surface area contributed by atoms with Crippen LogP contribution < -0.4 is 10.6 Å². The SMILES string of the molecule is CCNC(=O)c1cccc(NC(=O)/C=C/c2ccc(Cl)c(Cl)c2)c1. The lowest BCUT2D eigenvalue weighted by Crippen LogP contribution is -2.22. The number of nitrogens with one attached hydrogen (secondary N) is 2. The van der Waals surface area contributed by atoms with E-state index in [4.69, 9.17) is 23.2 Å². The van der Waals surface area contributed by atoms with Crippen LogP contribution >= 0.6 is 23.2 Å². The van der Waals surface area contributed by atoms with Crippen molar-refractivity contribution in [3.8, 4) is 0 Å². The first-order chi connectivity index (χ1) is 11.5. The maximum Gasteiger partial charge on any atom is 0.251 e. The van der Waals surface area contributed by atoms with E-state index in [1.54, 1.807) is 48.5 Å². The standard InChI is InChI=1S/C18H16Cl2N2O2/c1-2-21-18(24)13-4-3-5-14(11-13)22-17(23)9-7-12-6-8-15(19)16(20)10-12/h3-11H,2H2,1H3,(H,21,24)(H,22,23)/b9-7+. The van der Waals surface area contributed by atoms with Gasteiger partial charge in [-0.1, -0.05) is 35.3 Å². The number of carbonyl (C=O) groups is 2. The number of anilines is 1. The lowest BCUT2D eigenvalue weighted by atomic mass is 10.2. The second-order valence-electron chi connectivity index (χ2n) is 4.94. The maximum atomic E-state index is 12.0. The van der Waals surface area contributed by atoms with E-state index in [1.165, 1.54) is 6.08 Å². The minimum Gasteiger partial charge on any atom is -0.352 e. The molecule has 24 heavy (non-hydrogen) atoms. The average molecular weight is 363 g/mol. The molecule has 0 unspecified atom stereocenters. The van der Waals surface area contributed by atoms with Crippen molar-refractivity contribution >= 4 is 46.8 Å². The van der Waals surface area contributed by atoms with E-state index >= 15 is 0 Å². The number of carbonyl (C=O) groups excluding carboxylic acids is 2. The van der Waals surface area contributed by atoms with Crippen molar-refractivity contribution in [2.24, 2.45) is 0 Å². The summed E-state index contributed by atoms with van der Waals surface area (Å²) in [5.74, 6) is -0.492. The van der Waals surface area contributed by atoms with Gasteiger partial charge in [0.15, 0.2) is 0 Å². The fourth-order valence-corrected chi connectivity index (χ4v) is 2.28. The predicted molar refractivity (Wildman–Crippen MR) is 98.6 cm³/mol. The van der Waals surface area contributed by atoms with Gasteiger partial charge in [-0.05, 0) is 48.9 Å². The van der Waals surface area contributed by atoms with Crippen LogP contribution in [0.15, 0.2) is 48.5 Å². The Morgan fingerprint density at radius 3 is 2.58 bits per heavy atom. The van der Waals surface area contributed by atoms with E-state index in [0.29, 0.717) is 27.8 Å². The van der Waals surface area contributed by atoms with Crippen LogP contribution in [-0.2, 0) is 4.79 Å². The number of hydrogen-bond acceptors (Lipinski definition) is 2. The molecule has 0 radical (unpaired) electrons. The summed E-state index contributed by atoms with van der Waals surface area (Å²) in [6.07, 6.45) is 3.02. The second-order valence-corrected chi connectivity index (χ2v) is 5.75. The molecule has 0 aliphatic heterocycles. The van der Waals surface area contributed by atoms with Crippen molar-refractivity contribution in [2.45, 2.75) is 6.92 Å². The van der Waals surface area contributed by atoms with Crippen LogP contribution in [0.25, 0.3) is 6.08 Å². The third kappa shape index (κ3) is 5.11. The molecule has 0 saturated heterocycles. The molecule has 4 nitrogen and oxygen atoms in total. The molecule has 2 rings (SSSR count). The highest BCUT2D eigenvalue weighted by Gasteiger charge is 2.06. The van der Waals surface area contributed by atoms with Crippen LogP contribution in [0.1, 0.15) is 22.8 Å². The molecule has 0 aliphatic carbocycles. The lowest BCUT2D eigenvalue weighted by Gasteiger charge is -2.06. The van der Waals surface area contributed by atoms with Crippen molar-refractivity contribution in [3.05, 3.63) is 69.7 Å². The minimum absolute atomic E-state index is 0.181. The largest absolute Gasteiger partial charge is 0.352 e. The summed E-state index contributed by atoms with van der Waals surface area (Å²) in [6.45, 7) is 2.39. The van der Waals surface area contributed by atoms with Gasteiger partial charge >= 0.3 is 0 Å². The predicted octanol–water partition coefficient (Wildman–Crippen LogP) is 4.40.